The molecule has 0 fully saturated rings. The zero-order valence-corrected chi connectivity index (χ0v) is 12.0. The van der Waals surface area contributed by atoms with Gasteiger partial charge in [0.2, 0.25) is 0 Å². The van der Waals surface area contributed by atoms with Crippen LogP contribution in [-0.2, 0) is 0 Å². The zero-order chi connectivity index (χ0) is 12.7. The second-order valence-corrected chi connectivity index (χ2v) is 5.12. The van der Waals surface area contributed by atoms with Crippen molar-refractivity contribution in [2.24, 2.45) is 0 Å². The summed E-state index contributed by atoms with van der Waals surface area (Å²) in [5.74, 6) is 0. The van der Waals surface area contributed by atoms with Gasteiger partial charge in [-0.2, -0.15) is 0 Å². The third-order valence-electron chi connectivity index (χ3n) is 2.81. The topological polar surface area (TPSA) is 3.24 Å². The SMILES string of the molecule is CCCCCC(=S)N(c1ccccc1)C(C)C. The lowest BCUT2D eigenvalue weighted by molar-refractivity contribution is 0.728. The quantitative estimate of drug-likeness (QED) is 0.526. The number of nitrogens with zero attached hydrogens (tertiary/aromatic N) is 1. The highest BCUT2D eigenvalue weighted by Gasteiger charge is 2.14. The molecule has 0 saturated carbocycles. The van der Waals surface area contributed by atoms with Gasteiger partial charge in [0.05, 0.1) is 4.99 Å². The Balaban J connectivity index is 2.70. The van der Waals surface area contributed by atoms with Crippen molar-refractivity contribution in [1.29, 1.82) is 0 Å². The summed E-state index contributed by atoms with van der Waals surface area (Å²) in [4.78, 5) is 3.34. The van der Waals surface area contributed by atoms with Crippen LogP contribution in [0.2, 0.25) is 0 Å². The smallest absolute Gasteiger partial charge is 0.0826 e. The first-order valence-corrected chi connectivity index (χ1v) is 6.94. The van der Waals surface area contributed by atoms with Crippen LogP contribution in [0.1, 0.15) is 46.5 Å². The standard InChI is InChI=1S/C15H23NS/c1-4-5-7-12-15(17)16(13(2)3)14-10-8-6-9-11-14/h6,8-11,13H,4-5,7,12H2,1-3H3. The van der Waals surface area contributed by atoms with Crippen LogP contribution in [0, 0.1) is 0 Å². The van der Waals surface area contributed by atoms with Gasteiger partial charge >= 0.3 is 0 Å². The van der Waals surface area contributed by atoms with E-state index in [0.717, 1.165) is 11.4 Å². The Morgan fingerprint density at radius 3 is 2.35 bits per heavy atom. The lowest BCUT2D eigenvalue weighted by Gasteiger charge is -2.29. The largest absolute Gasteiger partial charge is 0.334 e. The van der Waals surface area contributed by atoms with E-state index in [1.165, 1.54) is 24.9 Å². The first-order chi connectivity index (χ1) is 8.16. The van der Waals surface area contributed by atoms with Gasteiger partial charge < -0.3 is 4.90 Å². The monoisotopic (exact) mass is 249 g/mol. The van der Waals surface area contributed by atoms with Crippen LogP contribution >= 0.6 is 12.2 Å². The first kappa shape index (κ1) is 14.2. The Labute approximate surface area is 111 Å². The van der Waals surface area contributed by atoms with Crippen molar-refractivity contribution < 1.29 is 0 Å². The number of para-hydroxylation sites is 1. The van der Waals surface area contributed by atoms with Gasteiger partial charge in [0.25, 0.3) is 0 Å². The summed E-state index contributed by atoms with van der Waals surface area (Å²) < 4.78 is 0. The summed E-state index contributed by atoms with van der Waals surface area (Å²) in [6, 6.07) is 10.9. The molecule has 0 aliphatic heterocycles. The molecule has 0 N–H and O–H groups in total. The van der Waals surface area contributed by atoms with E-state index in [0.29, 0.717) is 6.04 Å². The van der Waals surface area contributed by atoms with E-state index in [2.05, 4.69) is 49.9 Å². The van der Waals surface area contributed by atoms with Crippen LogP contribution in [0.25, 0.3) is 0 Å². The highest BCUT2D eigenvalue weighted by atomic mass is 32.1. The maximum absolute atomic E-state index is 5.57. The molecule has 0 spiro atoms. The Kier molecular flexibility index (Phi) is 6.20. The summed E-state index contributed by atoms with van der Waals surface area (Å²) in [5.41, 5.74) is 1.21. The van der Waals surface area contributed by atoms with Crippen molar-refractivity contribution >= 4 is 22.9 Å². The van der Waals surface area contributed by atoms with Gasteiger partial charge in [-0.25, -0.2) is 0 Å². The molecular weight excluding hydrogens is 226 g/mol. The first-order valence-electron chi connectivity index (χ1n) is 6.54. The molecule has 1 nitrogen and oxygen atoms in total. The molecule has 0 bridgehead atoms. The Morgan fingerprint density at radius 1 is 1.18 bits per heavy atom. The second-order valence-electron chi connectivity index (χ2n) is 4.65. The molecule has 0 heterocycles. The van der Waals surface area contributed by atoms with E-state index in [1.807, 2.05) is 6.07 Å². The number of anilines is 1. The van der Waals surface area contributed by atoms with Gasteiger partial charge in [0.15, 0.2) is 0 Å². The van der Waals surface area contributed by atoms with Crippen molar-refractivity contribution in [3.63, 3.8) is 0 Å². The zero-order valence-electron chi connectivity index (χ0n) is 11.1. The minimum atomic E-state index is 0.423. The van der Waals surface area contributed by atoms with Gasteiger partial charge in [-0.1, -0.05) is 50.2 Å². The second kappa shape index (κ2) is 7.44. The van der Waals surface area contributed by atoms with Crippen molar-refractivity contribution in [3.8, 4) is 0 Å². The number of unbranched alkanes of at least 4 members (excludes halogenated alkanes) is 2. The lowest BCUT2D eigenvalue weighted by atomic mass is 10.1. The van der Waals surface area contributed by atoms with Crippen LogP contribution in [-0.4, -0.2) is 11.0 Å². The van der Waals surface area contributed by atoms with E-state index in [4.69, 9.17) is 12.2 Å². The molecule has 0 aromatic heterocycles. The molecule has 0 radical (unpaired) electrons. The predicted molar refractivity (Wildman–Crippen MR) is 80.8 cm³/mol. The molecule has 94 valence electrons. The van der Waals surface area contributed by atoms with Gasteiger partial charge in [0.1, 0.15) is 0 Å². The fourth-order valence-electron chi connectivity index (χ4n) is 1.97. The molecule has 0 amide bonds. The molecular formula is C15H23NS. The van der Waals surface area contributed by atoms with Crippen LogP contribution in [0.15, 0.2) is 30.3 Å². The summed E-state index contributed by atoms with van der Waals surface area (Å²) in [7, 11) is 0. The number of benzene rings is 1. The molecule has 1 rings (SSSR count). The summed E-state index contributed by atoms with van der Waals surface area (Å²) in [6.45, 7) is 6.61. The molecule has 17 heavy (non-hydrogen) atoms. The highest BCUT2D eigenvalue weighted by molar-refractivity contribution is 7.80. The fraction of sp³-hybridized carbons (Fsp3) is 0.533. The van der Waals surface area contributed by atoms with E-state index in [9.17, 15) is 0 Å². The number of rotatable bonds is 6. The molecule has 0 saturated heterocycles. The Hall–Kier alpha value is -0.890. The lowest BCUT2D eigenvalue weighted by Crippen LogP contribution is -2.35. The van der Waals surface area contributed by atoms with Crippen molar-refractivity contribution in [2.45, 2.75) is 52.5 Å². The highest BCUT2D eigenvalue weighted by Crippen LogP contribution is 2.19. The van der Waals surface area contributed by atoms with E-state index < -0.39 is 0 Å². The van der Waals surface area contributed by atoms with Gasteiger partial charge in [-0.05, 0) is 38.8 Å². The summed E-state index contributed by atoms with van der Waals surface area (Å²) in [5, 5.41) is 0. The maximum Gasteiger partial charge on any atom is 0.0826 e. The predicted octanol–water partition coefficient (Wildman–Crippen LogP) is 4.81. The average Bonchev–Trinajstić information content (AvgIpc) is 2.30. The van der Waals surface area contributed by atoms with E-state index >= 15 is 0 Å². The normalized spacial score (nSPS) is 10.6. The van der Waals surface area contributed by atoms with Crippen molar-refractivity contribution in [3.05, 3.63) is 30.3 Å². The van der Waals surface area contributed by atoms with Crippen LogP contribution in [0.3, 0.4) is 0 Å². The summed E-state index contributed by atoms with van der Waals surface area (Å²) >= 11 is 5.57. The number of hydrogen-bond donors (Lipinski definition) is 0. The van der Waals surface area contributed by atoms with Crippen molar-refractivity contribution in [1.82, 2.24) is 0 Å². The Bertz CT molecular complexity index is 332. The molecule has 1 aromatic rings. The fourth-order valence-corrected chi connectivity index (χ4v) is 2.43. The van der Waals surface area contributed by atoms with Gasteiger partial charge in [-0.15, -0.1) is 0 Å². The van der Waals surface area contributed by atoms with Crippen molar-refractivity contribution in [2.75, 3.05) is 4.90 Å². The molecule has 0 aliphatic rings. The number of thiocarbonyl (C=S) groups is 1. The van der Waals surface area contributed by atoms with Crippen LogP contribution in [0.4, 0.5) is 5.69 Å². The summed E-state index contributed by atoms with van der Waals surface area (Å²) in [6.07, 6.45) is 4.73. The van der Waals surface area contributed by atoms with E-state index in [-0.39, 0.29) is 0 Å². The van der Waals surface area contributed by atoms with Gasteiger partial charge in [-0.3, -0.25) is 0 Å². The van der Waals surface area contributed by atoms with Crippen LogP contribution in [0.5, 0.6) is 0 Å². The van der Waals surface area contributed by atoms with Crippen LogP contribution < -0.4 is 4.90 Å². The maximum atomic E-state index is 5.57. The third kappa shape index (κ3) is 4.47. The molecule has 1 aromatic carbocycles. The minimum Gasteiger partial charge on any atom is -0.334 e. The molecule has 0 atom stereocenters. The molecule has 2 heteroatoms. The third-order valence-corrected chi connectivity index (χ3v) is 3.21. The Morgan fingerprint density at radius 2 is 1.82 bits per heavy atom. The molecule has 0 aliphatic carbocycles. The minimum absolute atomic E-state index is 0.423. The van der Waals surface area contributed by atoms with Gasteiger partial charge in [0, 0.05) is 11.7 Å². The molecule has 0 unspecified atom stereocenters. The average molecular weight is 249 g/mol. The van der Waals surface area contributed by atoms with E-state index in [1.54, 1.807) is 0 Å². The number of hydrogen-bond acceptors (Lipinski definition) is 1.